The Morgan fingerprint density at radius 2 is 2.13 bits per heavy atom. The Hall–Kier alpha value is -3.01. The minimum atomic E-state index is -0.695. The maximum atomic E-state index is 12.0. The Morgan fingerprint density at radius 1 is 1.39 bits per heavy atom. The third-order valence-corrected chi connectivity index (χ3v) is 3.10. The number of esters is 1. The number of rotatable bonds is 6. The standard InChI is InChI=1S/C16H17N5O2/c1-3-8-21-15(18-19-20-21)11-23-16(22)14(10-17)9-13-6-4-12(2)5-7-13/h4-7,9H,3,8,11H2,1-2H3/b14-9+. The number of hydrogen-bond acceptors (Lipinski definition) is 6. The van der Waals surface area contributed by atoms with Crippen LogP contribution in [0.2, 0.25) is 0 Å². The highest BCUT2D eigenvalue weighted by molar-refractivity contribution is 5.97. The molecule has 2 aromatic rings. The molecular formula is C16H17N5O2. The van der Waals surface area contributed by atoms with Gasteiger partial charge in [0, 0.05) is 6.54 Å². The fourth-order valence-electron chi connectivity index (χ4n) is 1.89. The lowest BCUT2D eigenvalue weighted by Gasteiger charge is -2.04. The molecule has 23 heavy (non-hydrogen) atoms. The molecule has 1 aromatic heterocycles. The third kappa shape index (κ3) is 4.48. The van der Waals surface area contributed by atoms with Gasteiger partial charge in [0.25, 0.3) is 0 Å². The number of benzene rings is 1. The van der Waals surface area contributed by atoms with Crippen LogP contribution >= 0.6 is 0 Å². The molecule has 0 unspecified atom stereocenters. The van der Waals surface area contributed by atoms with Crippen LogP contribution in [-0.2, 0) is 22.7 Å². The molecule has 2 rings (SSSR count). The lowest BCUT2D eigenvalue weighted by Crippen LogP contribution is -2.11. The molecule has 7 heteroatoms. The number of carbonyl (C=O) groups excluding carboxylic acids is 1. The van der Waals surface area contributed by atoms with E-state index in [1.165, 1.54) is 6.08 Å². The van der Waals surface area contributed by atoms with Crippen molar-refractivity contribution in [1.82, 2.24) is 20.2 Å². The SMILES string of the molecule is CCCn1nnnc1COC(=O)/C(C#N)=C/c1ccc(C)cc1. The smallest absolute Gasteiger partial charge is 0.349 e. The topological polar surface area (TPSA) is 93.7 Å². The predicted molar refractivity (Wildman–Crippen MR) is 82.7 cm³/mol. The molecule has 0 aliphatic rings. The van der Waals surface area contributed by atoms with Gasteiger partial charge >= 0.3 is 5.97 Å². The van der Waals surface area contributed by atoms with Gasteiger partial charge in [-0.05, 0) is 35.4 Å². The zero-order valence-electron chi connectivity index (χ0n) is 13.1. The molecule has 0 saturated carbocycles. The Balaban J connectivity index is 2.04. The van der Waals surface area contributed by atoms with Crippen molar-refractivity contribution in [1.29, 1.82) is 5.26 Å². The number of ether oxygens (including phenoxy) is 1. The fraction of sp³-hybridized carbons (Fsp3) is 0.312. The summed E-state index contributed by atoms with van der Waals surface area (Å²) in [6, 6.07) is 9.35. The first-order valence-corrected chi connectivity index (χ1v) is 7.24. The lowest BCUT2D eigenvalue weighted by atomic mass is 10.1. The van der Waals surface area contributed by atoms with Gasteiger partial charge in [0.15, 0.2) is 12.4 Å². The van der Waals surface area contributed by atoms with Crippen molar-refractivity contribution in [2.24, 2.45) is 0 Å². The maximum absolute atomic E-state index is 12.0. The quantitative estimate of drug-likeness (QED) is 0.460. The first-order valence-electron chi connectivity index (χ1n) is 7.24. The van der Waals surface area contributed by atoms with E-state index in [1.54, 1.807) is 4.68 Å². The zero-order valence-corrected chi connectivity index (χ0v) is 13.1. The van der Waals surface area contributed by atoms with Gasteiger partial charge in [0.1, 0.15) is 11.6 Å². The number of aromatic nitrogens is 4. The molecule has 0 atom stereocenters. The molecule has 0 fully saturated rings. The first kappa shape index (κ1) is 16.4. The minimum absolute atomic E-state index is 0.0663. The second-order valence-corrected chi connectivity index (χ2v) is 4.97. The highest BCUT2D eigenvalue weighted by Gasteiger charge is 2.13. The molecule has 0 amide bonds. The molecule has 0 bridgehead atoms. The number of hydrogen-bond donors (Lipinski definition) is 0. The summed E-state index contributed by atoms with van der Waals surface area (Å²) in [5.74, 6) is -0.244. The Bertz CT molecular complexity index is 741. The van der Waals surface area contributed by atoms with E-state index in [2.05, 4.69) is 15.5 Å². The van der Waals surface area contributed by atoms with E-state index in [-0.39, 0.29) is 12.2 Å². The fourth-order valence-corrected chi connectivity index (χ4v) is 1.89. The first-order chi connectivity index (χ1) is 11.1. The van der Waals surface area contributed by atoms with Gasteiger partial charge in [-0.3, -0.25) is 0 Å². The highest BCUT2D eigenvalue weighted by atomic mass is 16.5. The Morgan fingerprint density at radius 3 is 2.78 bits per heavy atom. The van der Waals surface area contributed by atoms with Gasteiger partial charge < -0.3 is 4.74 Å². The van der Waals surface area contributed by atoms with E-state index in [9.17, 15) is 4.79 Å². The van der Waals surface area contributed by atoms with E-state index >= 15 is 0 Å². The summed E-state index contributed by atoms with van der Waals surface area (Å²) >= 11 is 0. The van der Waals surface area contributed by atoms with Crippen LogP contribution in [0.4, 0.5) is 0 Å². The predicted octanol–water partition coefficient (Wildman–Crippen LogP) is 2.04. The van der Waals surface area contributed by atoms with Crippen molar-refractivity contribution in [2.75, 3.05) is 0 Å². The van der Waals surface area contributed by atoms with Crippen molar-refractivity contribution in [3.8, 4) is 6.07 Å². The molecule has 7 nitrogen and oxygen atoms in total. The van der Waals surface area contributed by atoms with Crippen molar-refractivity contribution in [3.63, 3.8) is 0 Å². The number of tetrazole rings is 1. The van der Waals surface area contributed by atoms with Crippen molar-refractivity contribution >= 4 is 12.0 Å². The minimum Gasteiger partial charge on any atom is -0.453 e. The normalized spacial score (nSPS) is 11.1. The van der Waals surface area contributed by atoms with E-state index < -0.39 is 5.97 Å². The van der Waals surface area contributed by atoms with Crippen molar-refractivity contribution in [3.05, 3.63) is 46.8 Å². The second-order valence-electron chi connectivity index (χ2n) is 4.97. The summed E-state index contributed by atoms with van der Waals surface area (Å²) in [6.45, 7) is 4.53. The summed E-state index contributed by atoms with van der Waals surface area (Å²) in [7, 11) is 0. The van der Waals surface area contributed by atoms with Crippen LogP contribution in [0.1, 0.15) is 30.3 Å². The van der Waals surface area contributed by atoms with E-state index in [4.69, 9.17) is 10.00 Å². The summed E-state index contributed by atoms with van der Waals surface area (Å²) < 4.78 is 6.70. The molecule has 118 valence electrons. The largest absolute Gasteiger partial charge is 0.453 e. The molecule has 0 spiro atoms. The molecule has 0 aliphatic carbocycles. The van der Waals surface area contributed by atoms with Gasteiger partial charge in [-0.2, -0.15) is 5.26 Å². The summed E-state index contributed by atoms with van der Waals surface area (Å²) in [5, 5.41) is 20.3. The second kappa shape index (κ2) is 7.84. The number of carbonyl (C=O) groups is 1. The molecule has 1 aromatic carbocycles. The molecular weight excluding hydrogens is 294 g/mol. The number of aryl methyl sites for hydroxylation is 2. The molecule has 0 radical (unpaired) electrons. The monoisotopic (exact) mass is 311 g/mol. The zero-order chi connectivity index (χ0) is 16.7. The molecule has 0 saturated heterocycles. The van der Waals surface area contributed by atoms with Crippen molar-refractivity contribution in [2.45, 2.75) is 33.4 Å². The van der Waals surface area contributed by atoms with Crippen molar-refractivity contribution < 1.29 is 9.53 Å². The van der Waals surface area contributed by atoms with Gasteiger partial charge in [-0.1, -0.05) is 36.8 Å². The number of nitriles is 1. The van der Waals surface area contributed by atoms with E-state index in [0.717, 1.165) is 17.5 Å². The number of nitrogens with zero attached hydrogens (tertiary/aromatic N) is 5. The van der Waals surface area contributed by atoms with Crippen LogP contribution in [0.25, 0.3) is 6.08 Å². The summed E-state index contributed by atoms with van der Waals surface area (Å²) in [4.78, 5) is 12.0. The Labute approximate surface area is 134 Å². The van der Waals surface area contributed by atoms with E-state index in [1.807, 2.05) is 44.2 Å². The van der Waals surface area contributed by atoms with Crippen LogP contribution in [0.3, 0.4) is 0 Å². The molecule has 0 aliphatic heterocycles. The van der Waals surface area contributed by atoms with Crippen LogP contribution in [0, 0.1) is 18.3 Å². The van der Waals surface area contributed by atoms with Crippen LogP contribution in [0.15, 0.2) is 29.8 Å². The highest BCUT2D eigenvalue weighted by Crippen LogP contribution is 2.10. The van der Waals surface area contributed by atoms with Crippen LogP contribution in [0.5, 0.6) is 0 Å². The third-order valence-electron chi connectivity index (χ3n) is 3.10. The van der Waals surface area contributed by atoms with Gasteiger partial charge in [0.2, 0.25) is 0 Å². The lowest BCUT2D eigenvalue weighted by molar-refractivity contribution is -0.140. The molecule has 1 heterocycles. The average molecular weight is 311 g/mol. The average Bonchev–Trinajstić information content (AvgIpc) is 2.99. The molecule has 0 N–H and O–H groups in total. The van der Waals surface area contributed by atoms with Gasteiger partial charge in [0.05, 0.1) is 0 Å². The summed E-state index contributed by atoms with van der Waals surface area (Å²) in [6.07, 6.45) is 2.36. The summed E-state index contributed by atoms with van der Waals surface area (Å²) in [5.41, 5.74) is 1.80. The van der Waals surface area contributed by atoms with Gasteiger partial charge in [-0.15, -0.1) is 5.10 Å². The Kier molecular flexibility index (Phi) is 5.58. The maximum Gasteiger partial charge on any atom is 0.349 e. The van der Waals surface area contributed by atoms with E-state index in [0.29, 0.717) is 12.4 Å². The van der Waals surface area contributed by atoms with Crippen LogP contribution < -0.4 is 0 Å². The van der Waals surface area contributed by atoms with Crippen LogP contribution in [-0.4, -0.2) is 26.2 Å². The van der Waals surface area contributed by atoms with Gasteiger partial charge in [-0.25, -0.2) is 9.48 Å².